The second kappa shape index (κ2) is 14.4. The topological polar surface area (TPSA) is 194 Å². The van der Waals surface area contributed by atoms with Crippen molar-refractivity contribution in [2.24, 2.45) is 5.16 Å². The number of carboxylic acid groups (broad SMARTS) is 2. The SMILES string of the molecule is O=C(Nc1nonc1/C(=N\O)Nc1ccc(F)c(Br)c1)c1ccc(CN2CCN(C(=O)O)CC2)cc1.O=C(O)C(F)(F)F. The first-order valence-corrected chi connectivity index (χ1v) is 12.8. The van der Waals surface area contributed by atoms with Crippen LogP contribution in [0.4, 0.5) is 33.9 Å². The summed E-state index contributed by atoms with van der Waals surface area (Å²) in [6, 6.07) is 11.0. The monoisotopic (exact) mass is 675 g/mol. The smallest absolute Gasteiger partial charge is 0.475 e. The van der Waals surface area contributed by atoms with Gasteiger partial charge in [0.2, 0.25) is 11.7 Å². The second-order valence-corrected chi connectivity index (χ2v) is 9.52. The van der Waals surface area contributed by atoms with Gasteiger partial charge in [0.05, 0.1) is 4.47 Å². The Bertz CT molecular complexity index is 1480. The van der Waals surface area contributed by atoms with E-state index < -0.39 is 30.0 Å². The zero-order valence-electron chi connectivity index (χ0n) is 21.7. The molecular weight excluding hydrogens is 654 g/mol. The number of alkyl halides is 3. The van der Waals surface area contributed by atoms with Gasteiger partial charge in [-0.2, -0.15) is 13.2 Å². The van der Waals surface area contributed by atoms with Crippen molar-refractivity contribution in [3.8, 4) is 0 Å². The lowest BCUT2D eigenvalue weighted by atomic mass is 10.1. The molecule has 230 valence electrons. The number of hydrogen-bond donors (Lipinski definition) is 5. The molecule has 1 aliphatic heterocycles. The summed E-state index contributed by atoms with van der Waals surface area (Å²) in [5, 5.41) is 41.4. The van der Waals surface area contributed by atoms with E-state index in [0.29, 0.717) is 44.0 Å². The Hall–Kier alpha value is -4.78. The lowest BCUT2D eigenvalue weighted by molar-refractivity contribution is -0.192. The molecular formula is C24H22BrF4N7O7. The predicted molar refractivity (Wildman–Crippen MR) is 143 cm³/mol. The molecule has 0 radical (unpaired) electrons. The van der Waals surface area contributed by atoms with Gasteiger partial charge >= 0.3 is 18.2 Å². The molecule has 1 aromatic heterocycles. The molecule has 5 N–H and O–H groups in total. The number of carboxylic acids is 1. The number of amidine groups is 1. The summed E-state index contributed by atoms with van der Waals surface area (Å²) in [7, 11) is 0. The Morgan fingerprint density at radius 3 is 2.16 bits per heavy atom. The van der Waals surface area contributed by atoms with E-state index in [4.69, 9.17) is 19.6 Å². The Balaban J connectivity index is 0.000000646. The minimum Gasteiger partial charge on any atom is -0.475 e. The summed E-state index contributed by atoms with van der Waals surface area (Å²) in [4.78, 5) is 36.2. The number of halogens is 5. The molecule has 1 saturated heterocycles. The summed E-state index contributed by atoms with van der Waals surface area (Å²) < 4.78 is 50.1. The highest BCUT2D eigenvalue weighted by Gasteiger charge is 2.38. The van der Waals surface area contributed by atoms with Crippen LogP contribution in [0.25, 0.3) is 0 Å². The molecule has 4 rings (SSSR count). The molecule has 19 heteroatoms. The molecule has 2 heterocycles. The number of nitrogens with one attached hydrogen (secondary N) is 2. The normalized spacial score (nSPS) is 14.0. The molecule has 1 fully saturated rings. The molecule has 2 aromatic carbocycles. The number of aromatic nitrogens is 2. The first-order valence-electron chi connectivity index (χ1n) is 12.0. The number of oxime groups is 1. The first-order chi connectivity index (χ1) is 20.3. The van der Waals surface area contributed by atoms with Gasteiger partial charge in [0.25, 0.3) is 5.91 Å². The average Bonchev–Trinajstić information content (AvgIpc) is 3.42. The highest BCUT2D eigenvalue weighted by molar-refractivity contribution is 9.10. The van der Waals surface area contributed by atoms with Crippen LogP contribution >= 0.6 is 15.9 Å². The van der Waals surface area contributed by atoms with E-state index in [1.807, 2.05) is 12.1 Å². The minimum absolute atomic E-state index is 0.0663. The number of nitrogens with zero attached hydrogens (tertiary/aromatic N) is 5. The number of piperazine rings is 1. The Labute approximate surface area is 247 Å². The largest absolute Gasteiger partial charge is 0.490 e. The number of rotatable bonds is 6. The fourth-order valence-corrected chi connectivity index (χ4v) is 3.94. The maximum Gasteiger partial charge on any atom is 0.490 e. The van der Waals surface area contributed by atoms with Crippen molar-refractivity contribution >= 4 is 51.2 Å². The Kier molecular flexibility index (Phi) is 11.0. The molecule has 0 unspecified atom stereocenters. The van der Waals surface area contributed by atoms with E-state index in [1.54, 1.807) is 12.1 Å². The van der Waals surface area contributed by atoms with Gasteiger partial charge in [-0.1, -0.05) is 17.3 Å². The highest BCUT2D eigenvalue weighted by Crippen LogP contribution is 2.22. The Morgan fingerprint density at radius 2 is 1.63 bits per heavy atom. The van der Waals surface area contributed by atoms with Crippen LogP contribution in [0, 0.1) is 5.82 Å². The van der Waals surface area contributed by atoms with Gasteiger partial charge in [-0.05, 0) is 62.1 Å². The molecule has 3 aromatic rings. The number of benzene rings is 2. The van der Waals surface area contributed by atoms with Gasteiger partial charge < -0.3 is 31.0 Å². The van der Waals surface area contributed by atoms with Crippen molar-refractivity contribution in [2.45, 2.75) is 12.7 Å². The number of hydrogen-bond acceptors (Lipinski definition) is 9. The van der Waals surface area contributed by atoms with Crippen molar-refractivity contribution in [1.82, 2.24) is 20.1 Å². The van der Waals surface area contributed by atoms with Crippen molar-refractivity contribution in [2.75, 3.05) is 36.8 Å². The van der Waals surface area contributed by atoms with Crippen LogP contribution in [0.1, 0.15) is 21.6 Å². The molecule has 1 aliphatic rings. The highest BCUT2D eigenvalue weighted by atomic mass is 79.9. The zero-order chi connectivity index (χ0) is 31.7. The summed E-state index contributed by atoms with van der Waals surface area (Å²) in [5.41, 5.74) is 1.64. The molecule has 0 bridgehead atoms. The van der Waals surface area contributed by atoms with E-state index >= 15 is 0 Å². The molecule has 0 aliphatic carbocycles. The average molecular weight is 676 g/mol. The van der Waals surface area contributed by atoms with Crippen LogP contribution < -0.4 is 10.6 Å². The number of anilines is 2. The lowest BCUT2D eigenvalue weighted by Gasteiger charge is -2.33. The van der Waals surface area contributed by atoms with Gasteiger partial charge in [-0.15, -0.1) is 0 Å². The van der Waals surface area contributed by atoms with Crippen LogP contribution in [-0.2, 0) is 11.3 Å². The van der Waals surface area contributed by atoms with E-state index in [0.717, 1.165) is 5.56 Å². The van der Waals surface area contributed by atoms with Crippen LogP contribution in [0.15, 0.2) is 56.7 Å². The van der Waals surface area contributed by atoms with Crippen LogP contribution in [0.3, 0.4) is 0 Å². The van der Waals surface area contributed by atoms with Gasteiger partial charge in [0.15, 0.2) is 5.69 Å². The fraction of sp³-hybridized carbons (Fsp3) is 0.250. The van der Waals surface area contributed by atoms with Crippen molar-refractivity contribution in [3.63, 3.8) is 0 Å². The molecule has 43 heavy (non-hydrogen) atoms. The van der Waals surface area contributed by atoms with Gasteiger partial charge in [-0.3, -0.25) is 9.69 Å². The molecule has 0 saturated carbocycles. The Morgan fingerprint density at radius 1 is 1.00 bits per heavy atom. The molecule has 14 nitrogen and oxygen atoms in total. The third-order valence-corrected chi connectivity index (χ3v) is 6.34. The van der Waals surface area contributed by atoms with Gasteiger partial charge in [0, 0.05) is 44.0 Å². The van der Waals surface area contributed by atoms with Gasteiger partial charge in [0.1, 0.15) is 5.82 Å². The van der Waals surface area contributed by atoms with E-state index in [9.17, 15) is 32.4 Å². The summed E-state index contributed by atoms with van der Waals surface area (Å²) in [6.07, 6.45) is -5.99. The fourth-order valence-electron chi connectivity index (χ4n) is 3.56. The van der Waals surface area contributed by atoms with Crippen LogP contribution in [0.2, 0.25) is 0 Å². The van der Waals surface area contributed by atoms with Crippen molar-refractivity contribution in [3.05, 3.63) is 69.6 Å². The lowest BCUT2D eigenvalue weighted by Crippen LogP contribution is -2.47. The van der Waals surface area contributed by atoms with Crippen LogP contribution in [0.5, 0.6) is 0 Å². The quantitative estimate of drug-likeness (QED) is 0.0836. The number of carbonyl (C=O) groups is 3. The summed E-state index contributed by atoms with van der Waals surface area (Å²) >= 11 is 3.07. The van der Waals surface area contributed by atoms with E-state index in [1.165, 1.54) is 23.1 Å². The third kappa shape index (κ3) is 9.36. The van der Waals surface area contributed by atoms with Crippen molar-refractivity contribution < 1.29 is 52.0 Å². The summed E-state index contributed by atoms with van der Waals surface area (Å²) in [5.74, 6) is -3.97. The summed E-state index contributed by atoms with van der Waals surface area (Å²) in [6.45, 7) is 2.81. The second-order valence-electron chi connectivity index (χ2n) is 8.66. The molecule has 0 spiro atoms. The minimum atomic E-state index is -5.08. The van der Waals surface area contributed by atoms with Crippen molar-refractivity contribution in [1.29, 1.82) is 0 Å². The number of amides is 2. The standard InChI is InChI=1S/C22H21BrFN7O5.C2HF3O2/c23-16-11-15(5-6-17(16)24)25-19(27-35)18-20(29-36-28-18)26-21(32)14-3-1-13(2-4-14)12-30-7-9-31(10-8-30)22(33)34;3-2(4,5)1(6)7/h1-6,11,35H,7-10,12H2,(H,25,27)(H,33,34)(H,26,29,32);(H,6,7). The zero-order valence-corrected chi connectivity index (χ0v) is 23.3. The van der Waals surface area contributed by atoms with Gasteiger partial charge in [-0.25, -0.2) is 18.6 Å². The third-order valence-electron chi connectivity index (χ3n) is 5.73. The predicted octanol–water partition coefficient (Wildman–Crippen LogP) is 3.90. The van der Waals surface area contributed by atoms with Crippen LogP contribution in [-0.4, -0.2) is 91.7 Å². The molecule has 0 atom stereocenters. The number of carbonyl (C=O) groups excluding carboxylic acids is 1. The number of aliphatic carboxylic acids is 1. The first kappa shape index (κ1) is 32.7. The maximum atomic E-state index is 13.5. The maximum absolute atomic E-state index is 13.5. The van der Waals surface area contributed by atoms with E-state index in [-0.39, 0.29) is 21.8 Å². The van der Waals surface area contributed by atoms with E-state index in [2.05, 4.69) is 46.9 Å². The molecule has 2 amide bonds.